The molecule has 0 saturated carbocycles. The fourth-order valence-corrected chi connectivity index (χ4v) is 3.17. The molecule has 0 radical (unpaired) electrons. The number of carbonyl (C=O) groups excluding carboxylic acids is 1. The Bertz CT molecular complexity index is 700. The first-order chi connectivity index (χ1) is 11.7. The fourth-order valence-electron chi connectivity index (χ4n) is 3.17. The third-order valence-corrected chi connectivity index (χ3v) is 4.31. The van der Waals surface area contributed by atoms with Crippen molar-refractivity contribution in [2.24, 2.45) is 0 Å². The molecule has 1 N–H and O–H groups in total. The van der Waals surface area contributed by atoms with Crippen LogP contribution in [0.25, 0.3) is 0 Å². The Kier molecular flexibility index (Phi) is 5.16. The van der Waals surface area contributed by atoms with E-state index in [4.69, 9.17) is 4.74 Å². The number of anilines is 2. The molecule has 2 aromatic rings. The van der Waals surface area contributed by atoms with Gasteiger partial charge in [-0.3, -0.25) is 4.79 Å². The molecule has 1 heterocycles. The van der Waals surface area contributed by atoms with Gasteiger partial charge in [0.15, 0.2) is 0 Å². The molecule has 126 valence electrons. The Morgan fingerprint density at radius 2 is 2.04 bits per heavy atom. The first-order valence-corrected chi connectivity index (χ1v) is 8.40. The van der Waals surface area contributed by atoms with E-state index >= 15 is 0 Å². The molecule has 3 rings (SSSR count). The summed E-state index contributed by atoms with van der Waals surface area (Å²) in [6.07, 6.45) is 1.36. The summed E-state index contributed by atoms with van der Waals surface area (Å²) in [6, 6.07) is 16.4. The summed E-state index contributed by atoms with van der Waals surface area (Å²) in [6.45, 7) is 3.49. The van der Waals surface area contributed by atoms with E-state index in [0.29, 0.717) is 13.0 Å². The summed E-state index contributed by atoms with van der Waals surface area (Å²) in [4.78, 5) is 14.6. The lowest BCUT2D eigenvalue weighted by atomic mass is 10.1. The van der Waals surface area contributed by atoms with Gasteiger partial charge in [0.1, 0.15) is 0 Å². The number of ether oxygens (including phenoxy) is 1. The monoisotopic (exact) mass is 324 g/mol. The molecular weight excluding hydrogens is 300 g/mol. The molecule has 0 saturated heterocycles. The lowest BCUT2D eigenvalue weighted by Crippen LogP contribution is -2.30. The van der Waals surface area contributed by atoms with Crippen molar-refractivity contribution in [2.75, 3.05) is 30.5 Å². The second kappa shape index (κ2) is 7.49. The SMILES string of the molecule is COCC(C)Nc1ccc2c(c1)N(C(=O)Cc1ccccc1)CC2. The van der Waals surface area contributed by atoms with Crippen LogP contribution < -0.4 is 10.2 Å². The average Bonchev–Trinajstić information content (AvgIpc) is 2.99. The lowest BCUT2D eigenvalue weighted by Gasteiger charge is -2.20. The van der Waals surface area contributed by atoms with Crippen LogP contribution in [0, 0.1) is 0 Å². The zero-order valence-corrected chi connectivity index (χ0v) is 14.3. The molecule has 0 spiro atoms. The molecule has 0 fully saturated rings. The highest BCUT2D eigenvalue weighted by Gasteiger charge is 2.25. The molecule has 1 atom stereocenters. The van der Waals surface area contributed by atoms with Crippen LogP contribution in [0.1, 0.15) is 18.1 Å². The largest absolute Gasteiger partial charge is 0.383 e. The van der Waals surface area contributed by atoms with E-state index in [1.165, 1.54) is 5.56 Å². The molecule has 24 heavy (non-hydrogen) atoms. The van der Waals surface area contributed by atoms with Gasteiger partial charge in [-0.05, 0) is 36.6 Å². The second-order valence-corrected chi connectivity index (χ2v) is 6.30. The first kappa shape index (κ1) is 16.5. The van der Waals surface area contributed by atoms with Crippen molar-refractivity contribution >= 4 is 17.3 Å². The molecule has 0 aromatic heterocycles. The van der Waals surface area contributed by atoms with Crippen LogP contribution in [0.5, 0.6) is 0 Å². The minimum atomic E-state index is 0.155. The maximum atomic E-state index is 12.7. The smallest absolute Gasteiger partial charge is 0.231 e. The van der Waals surface area contributed by atoms with Crippen LogP contribution in [-0.2, 0) is 22.4 Å². The van der Waals surface area contributed by atoms with E-state index in [1.54, 1.807) is 7.11 Å². The molecule has 2 aromatic carbocycles. The molecule has 0 bridgehead atoms. The zero-order valence-electron chi connectivity index (χ0n) is 14.3. The highest BCUT2D eigenvalue weighted by atomic mass is 16.5. The Morgan fingerprint density at radius 3 is 2.79 bits per heavy atom. The number of hydrogen-bond donors (Lipinski definition) is 1. The molecule has 1 aliphatic rings. The highest BCUT2D eigenvalue weighted by molar-refractivity contribution is 5.97. The Morgan fingerprint density at radius 1 is 1.25 bits per heavy atom. The fraction of sp³-hybridized carbons (Fsp3) is 0.350. The van der Waals surface area contributed by atoms with Gasteiger partial charge in [-0.25, -0.2) is 0 Å². The van der Waals surface area contributed by atoms with Gasteiger partial charge in [-0.15, -0.1) is 0 Å². The van der Waals surface area contributed by atoms with Crippen molar-refractivity contribution in [3.63, 3.8) is 0 Å². The summed E-state index contributed by atoms with van der Waals surface area (Å²) in [5.74, 6) is 0.155. The normalized spacial score (nSPS) is 14.3. The Balaban J connectivity index is 1.74. The van der Waals surface area contributed by atoms with Crippen LogP contribution in [0.3, 0.4) is 0 Å². The number of methoxy groups -OCH3 is 1. The van der Waals surface area contributed by atoms with E-state index in [2.05, 4.69) is 30.4 Å². The highest BCUT2D eigenvalue weighted by Crippen LogP contribution is 2.31. The van der Waals surface area contributed by atoms with E-state index < -0.39 is 0 Å². The third-order valence-electron chi connectivity index (χ3n) is 4.31. The van der Waals surface area contributed by atoms with Gasteiger partial charge in [0.2, 0.25) is 5.91 Å². The number of nitrogens with one attached hydrogen (secondary N) is 1. The van der Waals surface area contributed by atoms with Crippen molar-refractivity contribution < 1.29 is 9.53 Å². The van der Waals surface area contributed by atoms with Crippen LogP contribution >= 0.6 is 0 Å². The molecular formula is C20H24N2O2. The molecule has 1 aliphatic heterocycles. The van der Waals surface area contributed by atoms with Gasteiger partial charge < -0.3 is 15.0 Å². The molecule has 1 amide bonds. The van der Waals surface area contributed by atoms with Crippen molar-refractivity contribution in [2.45, 2.75) is 25.8 Å². The summed E-state index contributed by atoms with van der Waals surface area (Å²) in [5.41, 5.74) is 4.35. The molecule has 4 nitrogen and oxygen atoms in total. The molecule has 0 aliphatic carbocycles. The van der Waals surface area contributed by atoms with Crippen molar-refractivity contribution in [1.29, 1.82) is 0 Å². The van der Waals surface area contributed by atoms with Crippen LogP contribution in [0.2, 0.25) is 0 Å². The minimum absolute atomic E-state index is 0.155. The number of rotatable bonds is 6. The number of nitrogens with zero attached hydrogens (tertiary/aromatic N) is 1. The molecule has 1 unspecified atom stereocenters. The summed E-state index contributed by atoms with van der Waals surface area (Å²) in [5, 5.41) is 3.42. The maximum Gasteiger partial charge on any atom is 0.231 e. The lowest BCUT2D eigenvalue weighted by molar-refractivity contribution is -0.117. The minimum Gasteiger partial charge on any atom is -0.383 e. The van der Waals surface area contributed by atoms with Gasteiger partial charge in [0.05, 0.1) is 13.0 Å². The van der Waals surface area contributed by atoms with Gasteiger partial charge in [0, 0.05) is 31.1 Å². The van der Waals surface area contributed by atoms with Gasteiger partial charge in [-0.1, -0.05) is 36.4 Å². The van der Waals surface area contributed by atoms with Gasteiger partial charge >= 0.3 is 0 Å². The van der Waals surface area contributed by atoms with Gasteiger partial charge in [-0.2, -0.15) is 0 Å². The van der Waals surface area contributed by atoms with E-state index in [0.717, 1.165) is 29.9 Å². The van der Waals surface area contributed by atoms with Crippen LogP contribution in [-0.4, -0.2) is 32.2 Å². The quantitative estimate of drug-likeness (QED) is 0.887. The van der Waals surface area contributed by atoms with E-state index in [-0.39, 0.29) is 11.9 Å². The van der Waals surface area contributed by atoms with Crippen LogP contribution in [0.4, 0.5) is 11.4 Å². The third kappa shape index (κ3) is 3.77. The predicted molar refractivity (Wildman–Crippen MR) is 97.6 cm³/mol. The number of hydrogen-bond acceptors (Lipinski definition) is 3. The van der Waals surface area contributed by atoms with Crippen molar-refractivity contribution in [1.82, 2.24) is 0 Å². The van der Waals surface area contributed by atoms with Crippen molar-refractivity contribution in [3.8, 4) is 0 Å². The average molecular weight is 324 g/mol. The Labute approximate surface area is 143 Å². The summed E-state index contributed by atoms with van der Waals surface area (Å²) < 4.78 is 5.17. The van der Waals surface area contributed by atoms with Crippen molar-refractivity contribution in [3.05, 3.63) is 59.7 Å². The molecule has 4 heteroatoms. The predicted octanol–water partition coefficient (Wildman–Crippen LogP) is 3.27. The van der Waals surface area contributed by atoms with E-state index in [9.17, 15) is 4.79 Å². The maximum absolute atomic E-state index is 12.7. The number of amides is 1. The van der Waals surface area contributed by atoms with Gasteiger partial charge in [0.25, 0.3) is 0 Å². The zero-order chi connectivity index (χ0) is 16.9. The Hall–Kier alpha value is -2.33. The first-order valence-electron chi connectivity index (χ1n) is 8.40. The summed E-state index contributed by atoms with van der Waals surface area (Å²) in [7, 11) is 1.70. The topological polar surface area (TPSA) is 41.6 Å². The number of fused-ring (bicyclic) bond motifs is 1. The van der Waals surface area contributed by atoms with E-state index in [1.807, 2.05) is 35.2 Å². The standard InChI is InChI=1S/C20H24N2O2/c1-15(14-24-2)21-18-9-8-17-10-11-22(19(17)13-18)20(23)12-16-6-4-3-5-7-16/h3-9,13,15,21H,10-12,14H2,1-2H3. The van der Waals surface area contributed by atoms with Crippen LogP contribution in [0.15, 0.2) is 48.5 Å². The number of carbonyl (C=O) groups is 1. The summed E-state index contributed by atoms with van der Waals surface area (Å²) >= 11 is 0. The number of benzene rings is 2. The second-order valence-electron chi connectivity index (χ2n) is 6.30.